The highest BCUT2D eigenvalue weighted by molar-refractivity contribution is 6.69. The van der Waals surface area contributed by atoms with Gasteiger partial charge in [-0.1, -0.05) is 0 Å². The Balaban J connectivity index is 5.09. The molecular weight excluding hydrogens is 212 g/mol. The van der Waals surface area contributed by atoms with Crippen molar-refractivity contribution in [2.24, 2.45) is 0 Å². The third-order valence-electron chi connectivity index (χ3n) is 1.56. The van der Waals surface area contributed by atoms with Crippen LogP contribution >= 0.6 is 0 Å². The molecule has 0 amide bonds. The standard InChI is InChI=1S/C9H16N2O3Si/c1-12-8(13-2)9(6-10,7-11)14-15(3,4)5/h8H,1-5H3. The minimum atomic E-state index is -2.03. The third-order valence-corrected chi connectivity index (χ3v) is 2.49. The molecule has 0 aromatic rings. The van der Waals surface area contributed by atoms with Gasteiger partial charge >= 0.3 is 0 Å². The van der Waals surface area contributed by atoms with Crippen molar-refractivity contribution in [3.05, 3.63) is 0 Å². The van der Waals surface area contributed by atoms with Crippen LogP contribution in [0.5, 0.6) is 0 Å². The first kappa shape index (κ1) is 14.1. The summed E-state index contributed by atoms with van der Waals surface area (Å²) in [7, 11) is 0.698. The highest BCUT2D eigenvalue weighted by atomic mass is 28.4. The first-order valence-corrected chi connectivity index (χ1v) is 7.84. The second kappa shape index (κ2) is 5.24. The average molecular weight is 228 g/mol. The molecule has 0 aromatic heterocycles. The van der Waals surface area contributed by atoms with Crippen LogP contribution in [0.25, 0.3) is 0 Å². The summed E-state index contributed by atoms with van der Waals surface area (Å²) in [6, 6.07) is 3.65. The molecule has 84 valence electrons. The van der Waals surface area contributed by atoms with E-state index in [1.807, 2.05) is 31.8 Å². The molecule has 0 fully saturated rings. The zero-order valence-corrected chi connectivity index (χ0v) is 10.7. The van der Waals surface area contributed by atoms with Gasteiger partial charge in [0.05, 0.1) is 0 Å². The van der Waals surface area contributed by atoms with E-state index in [-0.39, 0.29) is 0 Å². The largest absolute Gasteiger partial charge is 0.386 e. The van der Waals surface area contributed by atoms with E-state index in [1.165, 1.54) is 14.2 Å². The van der Waals surface area contributed by atoms with Crippen molar-refractivity contribution in [2.75, 3.05) is 14.2 Å². The summed E-state index contributed by atoms with van der Waals surface area (Å²) in [5.41, 5.74) is -1.69. The second-order valence-electron chi connectivity index (χ2n) is 3.98. The van der Waals surface area contributed by atoms with Gasteiger partial charge in [-0.2, -0.15) is 10.5 Å². The molecule has 0 aliphatic carbocycles. The fourth-order valence-electron chi connectivity index (χ4n) is 1.14. The Kier molecular flexibility index (Phi) is 4.92. The number of hydrogen-bond acceptors (Lipinski definition) is 5. The summed E-state index contributed by atoms with van der Waals surface area (Å²) in [6.07, 6.45) is -1.00. The Hall–Kier alpha value is -0.923. The van der Waals surface area contributed by atoms with E-state index in [4.69, 9.17) is 24.4 Å². The summed E-state index contributed by atoms with van der Waals surface area (Å²) in [4.78, 5) is 0. The minimum absolute atomic E-state index is 1.00. The van der Waals surface area contributed by atoms with Crippen LogP contribution in [-0.2, 0) is 13.9 Å². The lowest BCUT2D eigenvalue weighted by atomic mass is 10.1. The SMILES string of the molecule is COC(OC)C(C#N)(C#N)O[Si](C)(C)C. The number of methoxy groups -OCH3 is 2. The van der Waals surface area contributed by atoms with Crippen LogP contribution in [0.1, 0.15) is 0 Å². The zero-order valence-electron chi connectivity index (χ0n) is 9.70. The summed E-state index contributed by atoms with van der Waals surface area (Å²) in [5, 5.41) is 18.1. The van der Waals surface area contributed by atoms with Gasteiger partial charge in [0.1, 0.15) is 12.1 Å². The maximum atomic E-state index is 9.04. The number of nitrogens with zero attached hydrogens (tertiary/aromatic N) is 2. The quantitative estimate of drug-likeness (QED) is 0.523. The summed E-state index contributed by atoms with van der Waals surface area (Å²) < 4.78 is 15.4. The Labute approximate surface area is 91.3 Å². The van der Waals surface area contributed by atoms with Crippen LogP contribution < -0.4 is 0 Å². The van der Waals surface area contributed by atoms with E-state index in [2.05, 4.69) is 0 Å². The van der Waals surface area contributed by atoms with Gasteiger partial charge in [-0.3, -0.25) is 0 Å². The highest BCUT2D eigenvalue weighted by Gasteiger charge is 2.45. The summed E-state index contributed by atoms with van der Waals surface area (Å²) >= 11 is 0. The van der Waals surface area contributed by atoms with Gasteiger partial charge in [-0.05, 0) is 19.6 Å². The molecule has 0 N–H and O–H groups in total. The molecule has 5 nitrogen and oxygen atoms in total. The van der Waals surface area contributed by atoms with Crippen molar-refractivity contribution in [1.29, 1.82) is 10.5 Å². The summed E-state index contributed by atoms with van der Waals surface area (Å²) in [6.45, 7) is 5.66. The van der Waals surface area contributed by atoms with Crippen molar-refractivity contribution in [1.82, 2.24) is 0 Å². The Bertz CT molecular complexity index is 269. The van der Waals surface area contributed by atoms with Gasteiger partial charge in [0.15, 0.2) is 8.32 Å². The molecule has 0 aliphatic rings. The Morgan fingerprint density at radius 1 is 1.07 bits per heavy atom. The molecule has 0 aromatic carbocycles. The van der Waals surface area contributed by atoms with Crippen molar-refractivity contribution in [3.63, 3.8) is 0 Å². The number of hydrogen-bond donors (Lipinski definition) is 0. The van der Waals surface area contributed by atoms with Crippen LogP contribution in [0.3, 0.4) is 0 Å². The lowest BCUT2D eigenvalue weighted by molar-refractivity contribution is -0.166. The van der Waals surface area contributed by atoms with Gasteiger partial charge in [0, 0.05) is 14.2 Å². The molecule has 0 aliphatic heterocycles. The maximum absolute atomic E-state index is 9.04. The highest BCUT2D eigenvalue weighted by Crippen LogP contribution is 2.23. The molecule has 0 heterocycles. The van der Waals surface area contributed by atoms with Gasteiger partial charge in [-0.25, -0.2) is 0 Å². The van der Waals surface area contributed by atoms with E-state index in [9.17, 15) is 0 Å². The van der Waals surface area contributed by atoms with Gasteiger partial charge in [-0.15, -0.1) is 0 Å². The van der Waals surface area contributed by atoms with Gasteiger partial charge < -0.3 is 13.9 Å². The van der Waals surface area contributed by atoms with Crippen LogP contribution in [0, 0.1) is 22.7 Å². The van der Waals surface area contributed by atoms with E-state index in [1.54, 1.807) is 0 Å². The van der Waals surface area contributed by atoms with Crippen molar-refractivity contribution in [3.8, 4) is 12.1 Å². The molecule has 0 saturated carbocycles. The number of ether oxygens (including phenoxy) is 2. The Morgan fingerprint density at radius 2 is 1.47 bits per heavy atom. The molecule has 0 spiro atoms. The third kappa shape index (κ3) is 3.61. The predicted molar refractivity (Wildman–Crippen MR) is 56.2 cm³/mol. The fraction of sp³-hybridized carbons (Fsp3) is 0.778. The molecule has 0 saturated heterocycles. The lowest BCUT2D eigenvalue weighted by Crippen LogP contribution is -2.50. The first-order valence-electron chi connectivity index (χ1n) is 4.43. The zero-order chi connectivity index (χ0) is 12.1. The molecule has 6 heteroatoms. The predicted octanol–water partition coefficient (Wildman–Crippen LogP) is 1.24. The van der Waals surface area contributed by atoms with Gasteiger partial charge in [0.2, 0.25) is 6.29 Å². The Morgan fingerprint density at radius 3 is 1.67 bits per heavy atom. The van der Waals surface area contributed by atoms with Crippen LogP contribution in [0.4, 0.5) is 0 Å². The molecule has 0 bridgehead atoms. The second-order valence-corrected chi connectivity index (χ2v) is 8.41. The molecule has 0 rings (SSSR count). The van der Waals surface area contributed by atoms with Crippen LogP contribution in [0.2, 0.25) is 19.6 Å². The average Bonchev–Trinajstić information content (AvgIpc) is 2.16. The van der Waals surface area contributed by atoms with Crippen molar-refractivity contribution in [2.45, 2.75) is 31.5 Å². The van der Waals surface area contributed by atoms with E-state index >= 15 is 0 Å². The minimum Gasteiger partial charge on any atom is -0.386 e. The smallest absolute Gasteiger partial charge is 0.283 e. The normalized spacial score (nSPS) is 12.3. The molecule has 0 unspecified atom stereocenters. The van der Waals surface area contributed by atoms with E-state index in [0.717, 1.165) is 0 Å². The van der Waals surface area contributed by atoms with Crippen molar-refractivity contribution >= 4 is 8.32 Å². The maximum Gasteiger partial charge on any atom is 0.283 e. The lowest BCUT2D eigenvalue weighted by Gasteiger charge is -2.32. The van der Waals surface area contributed by atoms with Crippen LogP contribution in [0.15, 0.2) is 0 Å². The molecule has 0 radical (unpaired) electrons. The molecular formula is C9H16N2O3Si. The van der Waals surface area contributed by atoms with Crippen molar-refractivity contribution < 1.29 is 13.9 Å². The van der Waals surface area contributed by atoms with Gasteiger partial charge in [0.25, 0.3) is 5.60 Å². The molecule has 15 heavy (non-hydrogen) atoms. The van der Waals surface area contributed by atoms with E-state index < -0.39 is 20.2 Å². The number of rotatable bonds is 5. The topological polar surface area (TPSA) is 75.3 Å². The monoisotopic (exact) mass is 228 g/mol. The fourth-order valence-corrected chi connectivity index (χ4v) is 2.29. The number of nitriles is 2. The van der Waals surface area contributed by atoms with Crippen LogP contribution in [-0.4, -0.2) is 34.4 Å². The molecule has 0 atom stereocenters. The first-order chi connectivity index (χ1) is 6.85. The summed E-state index contributed by atoms with van der Waals surface area (Å²) in [5.74, 6) is 0. The van der Waals surface area contributed by atoms with E-state index in [0.29, 0.717) is 0 Å².